The number of nitrogens with one attached hydrogen (secondary N) is 1. The first kappa shape index (κ1) is 23.1. The smallest absolute Gasteiger partial charge is 0.276 e. The third kappa shape index (κ3) is 5.59. The summed E-state index contributed by atoms with van der Waals surface area (Å²) >= 11 is 0. The fraction of sp³-hybridized carbons (Fsp3) is 0.208. The van der Waals surface area contributed by atoms with Gasteiger partial charge in [-0.05, 0) is 54.4 Å². The summed E-state index contributed by atoms with van der Waals surface area (Å²) in [5.41, 5.74) is 2.68. The molecule has 0 radical (unpaired) electrons. The Balaban J connectivity index is 1.96. The summed E-state index contributed by atoms with van der Waals surface area (Å²) in [6, 6.07) is 19.5. The number of nitrogens with zero attached hydrogens (tertiary/aromatic N) is 1. The van der Waals surface area contributed by atoms with Gasteiger partial charge in [0.25, 0.3) is 10.0 Å². The standard InChI is InChI=1S/C24H26N2O5S/c1-17-5-11-23(12-6-17)32(27,28)26-25-16-24(18-7-9-20(29-2)10-8-18)19-13-21(30-3)15-22(14-19)31-4/h5-16,24,26H,1-4H3. The van der Waals surface area contributed by atoms with Crippen LogP contribution in [0.15, 0.2) is 76.7 Å². The average molecular weight is 455 g/mol. The van der Waals surface area contributed by atoms with Crippen LogP contribution >= 0.6 is 0 Å². The van der Waals surface area contributed by atoms with Gasteiger partial charge in [0.15, 0.2) is 0 Å². The van der Waals surface area contributed by atoms with Gasteiger partial charge in [-0.1, -0.05) is 29.8 Å². The fourth-order valence-electron chi connectivity index (χ4n) is 3.13. The maximum absolute atomic E-state index is 12.6. The van der Waals surface area contributed by atoms with Gasteiger partial charge in [0, 0.05) is 18.2 Å². The van der Waals surface area contributed by atoms with Crippen LogP contribution in [0.2, 0.25) is 0 Å². The van der Waals surface area contributed by atoms with Gasteiger partial charge >= 0.3 is 0 Å². The van der Waals surface area contributed by atoms with Gasteiger partial charge in [0.2, 0.25) is 0 Å². The van der Waals surface area contributed by atoms with Crippen molar-refractivity contribution in [2.75, 3.05) is 21.3 Å². The van der Waals surface area contributed by atoms with E-state index >= 15 is 0 Å². The minimum Gasteiger partial charge on any atom is -0.497 e. The van der Waals surface area contributed by atoms with Crippen molar-refractivity contribution in [1.82, 2.24) is 4.83 Å². The number of benzene rings is 3. The lowest BCUT2D eigenvalue weighted by molar-refractivity contribution is 0.393. The van der Waals surface area contributed by atoms with Gasteiger partial charge in [-0.2, -0.15) is 13.5 Å². The monoisotopic (exact) mass is 454 g/mol. The SMILES string of the molecule is COc1ccc(C(C=NNS(=O)(=O)c2ccc(C)cc2)c2cc(OC)cc(OC)c2)cc1. The lowest BCUT2D eigenvalue weighted by Crippen LogP contribution is -2.19. The predicted octanol–water partition coefficient (Wildman–Crippen LogP) is 4.12. The second-order valence-electron chi connectivity index (χ2n) is 7.08. The van der Waals surface area contributed by atoms with E-state index in [0.717, 1.165) is 16.7 Å². The molecule has 0 aliphatic heterocycles. The summed E-state index contributed by atoms with van der Waals surface area (Å²) in [6.07, 6.45) is 1.54. The molecule has 0 amide bonds. The van der Waals surface area contributed by atoms with Gasteiger partial charge in [0.1, 0.15) is 17.2 Å². The third-order valence-electron chi connectivity index (χ3n) is 4.94. The van der Waals surface area contributed by atoms with E-state index in [0.29, 0.717) is 17.2 Å². The van der Waals surface area contributed by atoms with Gasteiger partial charge < -0.3 is 14.2 Å². The van der Waals surface area contributed by atoms with Crippen molar-refractivity contribution in [1.29, 1.82) is 0 Å². The second-order valence-corrected chi connectivity index (χ2v) is 8.74. The molecule has 0 bridgehead atoms. The zero-order chi connectivity index (χ0) is 23.1. The predicted molar refractivity (Wildman–Crippen MR) is 124 cm³/mol. The van der Waals surface area contributed by atoms with Crippen LogP contribution in [0.4, 0.5) is 0 Å². The molecule has 0 heterocycles. The summed E-state index contributed by atoms with van der Waals surface area (Å²) in [7, 11) is 0.956. The zero-order valence-electron chi connectivity index (χ0n) is 18.4. The van der Waals surface area contributed by atoms with Gasteiger partial charge in [0.05, 0.1) is 26.2 Å². The molecule has 0 spiro atoms. The van der Waals surface area contributed by atoms with Crippen LogP contribution in [-0.4, -0.2) is 36.0 Å². The largest absolute Gasteiger partial charge is 0.497 e. The summed E-state index contributed by atoms with van der Waals surface area (Å²) in [5, 5.41) is 4.07. The lowest BCUT2D eigenvalue weighted by Gasteiger charge is -2.16. The Hall–Kier alpha value is -3.52. The zero-order valence-corrected chi connectivity index (χ0v) is 19.2. The quantitative estimate of drug-likeness (QED) is 0.388. The minimum atomic E-state index is -3.79. The highest BCUT2D eigenvalue weighted by Gasteiger charge is 2.17. The van der Waals surface area contributed by atoms with Gasteiger partial charge in [-0.15, -0.1) is 0 Å². The third-order valence-corrected chi connectivity index (χ3v) is 6.17. The van der Waals surface area contributed by atoms with E-state index in [-0.39, 0.29) is 10.8 Å². The summed E-state index contributed by atoms with van der Waals surface area (Å²) in [6.45, 7) is 1.89. The van der Waals surface area contributed by atoms with Crippen LogP contribution in [0.3, 0.4) is 0 Å². The van der Waals surface area contributed by atoms with E-state index in [1.807, 2.05) is 43.3 Å². The van der Waals surface area contributed by atoms with Crippen LogP contribution in [-0.2, 0) is 10.0 Å². The van der Waals surface area contributed by atoms with Gasteiger partial charge in [-0.3, -0.25) is 0 Å². The van der Waals surface area contributed by atoms with E-state index < -0.39 is 10.0 Å². The molecule has 0 aliphatic rings. The van der Waals surface area contributed by atoms with E-state index in [4.69, 9.17) is 14.2 Å². The molecular formula is C24H26N2O5S. The van der Waals surface area contributed by atoms with Crippen molar-refractivity contribution in [3.8, 4) is 17.2 Å². The molecule has 32 heavy (non-hydrogen) atoms. The molecule has 3 aromatic carbocycles. The summed E-state index contributed by atoms with van der Waals surface area (Å²) in [4.78, 5) is 2.44. The molecule has 1 N–H and O–H groups in total. The maximum atomic E-state index is 12.6. The maximum Gasteiger partial charge on any atom is 0.276 e. The fourth-order valence-corrected chi connectivity index (χ4v) is 3.93. The van der Waals surface area contributed by atoms with Crippen LogP contribution in [0.5, 0.6) is 17.2 Å². The number of hydrogen-bond donors (Lipinski definition) is 1. The number of methoxy groups -OCH3 is 3. The highest BCUT2D eigenvalue weighted by atomic mass is 32.2. The normalized spacial score (nSPS) is 12.4. The average Bonchev–Trinajstić information content (AvgIpc) is 2.82. The topological polar surface area (TPSA) is 86.2 Å². The number of rotatable bonds is 9. The van der Waals surface area contributed by atoms with E-state index in [2.05, 4.69) is 9.93 Å². The van der Waals surface area contributed by atoms with Crippen LogP contribution in [0.25, 0.3) is 0 Å². The Kier molecular flexibility index (Phi) is 7.37. The molecule has 3 rings (SSSR count). The van der Waals surface area contributed by atoms with Crippen molar-refractivity contribution in [2.45, 2.75) is 17.7 Å². The van der Waals surface area contributed by atoms with Crippen LogP contribution in [0.1, 0.15) is 22.6 Å². The van der Waals surface area contributed by atoms with Crippen LogP contribution < -0.4 is 19.0 Å². The first-order valence-corrected chi connectivity index (χ1v) is 11.3. The Morgan fingerprint density at radius 3 is 1.88 bits per heavy atom. The molecule has 0 saturated heterocycles. The molecule has 0 aromatic heterocycles. The molecule has 0 aliphatic carbocycles. The molecular weight excluding hydrogens is 428 g/mol. The summed E-state index contributed by atoms with van der Waals surface area (Å²) in [5.74, 6) is 1.58. The van der Waals surface area contributed by atoms with E-state index in [1.165, 1.54) is 0 Å². The van der Waals surface area contributed by atoms with Crippen molar-refractivity contribution in [2.24, 2.45) is 5.10 Å². The molecule has 0 fully saturated rings. The van der Waals surface area contributed by atoms with Crippen LogP contribution in [0, 0.1) is 6.92 Å². The van der Waals surface area contributed by atoms with E-state index in [1.54, 1.807) is 57.9 Å². The first-order valence-electron chi connectivity index (χ1n) is 9.85. The first-order chi connectivity index (χ1) is 15.4. The van der Waals surface area contributed by atoms with E-state index in [9.17, 15) is 8.42 Å². The Morgan fingerprint density at radius 2 is 1.34 bits per heavy atom. The number of hydrazone groups is 1. The highest BCUT2D eigenvalue weighted by molar-refractivity contribution is 7.89. The minimum absolute atomic E-state index is 0.143. The summed E-state index contributed by atoms with van der Waals surface area (Å²) < 4.78 is 41.2. The Labute approximate surface area is 188 Å². The van der Waals surface area contributed by atoms with Crippen molar-refractivity contribution in [3.63, 3.8) is 0 Å². The molecule has 8 heteroatoms. The second kappa shape index (κ2) is 10.2. The Bertz CT molecular complexity index is 1150. The molecule has 0 saturated carbocycles. The molecule has 1 unspecified atom stereocenters. The molecule has 1 atom stereocenters. The lowest BCUT2D eigenvalue weighted by atomic mass is 9.92. The van der Waals surface area contributed by atoms with Crippen molar-refractivity contribution < 1.29 is 22.6 Å². The number of ether oxygens (including phenoxy) is 3. The van der Waals surface area contributed by atoms with Gasteiger partial charge in [-0.25, -0.2) is 4.83 Å². The molecule has 3 aromatic rings. The highest BCUT2D eigenvalue weighted by Crippen LogP contribution is 2.31. The number of sulfonamides is 1. The molecule has 7 nitrogen and oxygen atoms in total. The number of aryl methyl sites for hydroxylation is 1. The van der Waals surface area contributed by atoms with Crippen molar-refractivity contribution in [3.05, 3.63) is 83.4 Å². The Morgan fingerprint density at radius 1 is 0.781 bits per heavy atom. The molecule has 168 valence electrons. The van der Waals surface area contributed by atoms with Crippen molar-refractivity contribution >= 4 is 16.2 Å². The number of hydrogen-bond acceptors (Lipinski definition) is 6.